The maximum Gasteiger partial charge on any atom is 0.246 e. The molecule has 2 amide bonds. The van der Waals surface area contributed by atoms with E-state index in [-0.39, 0.29) is 23.7 Å². The lowest BCUT2D eigenvalue weighted by Gasteiger charge is -2.55. The van der Waals surface area contributed by atoms with E-state index in [1.165, 1.54) is 19.3 Å². The molecule has 0 heterocycles. The summed E-state index contributed by atoms with van der Waals surface area (Å²) in [7, 11) is 1.58. The van der Waals surface area contributed by atoms with Gasteiger partial charge in [-0.15, -0.1) is 0 Å². The molecule has 4 aliphatic rings. The molecule has 0 aromatic heterocycles. The van der Waals surface area contributed by atoms with E-state index in [4.69, 9.17) is 4.74 Å². The van der Waals surface area contributed by atoms with Gasteiger partial charge in [-0.3, -0.25) is 9.59 Å². The van der Waals surface area contributed by atoms with Crippen molar-refractivity contribution in [2.45, 2.75) is 58.8 Å². The van der Waals surface area contributed by atoms with Crippen LogP contribution in [0.25, 0.3) is 0 Å². The number of rotatable bonds is 6. The molecule has 0 unspecified atom stereocenters. The Labute approximate surface area is 172 Å². The van der Waals surface area contributed by atoms with Crippen molar-refractivity contribution in [2.75, 3.05) is 12.4 Å². The van der Waals surface area contributed by atoms with Crippen molar-refractivity contribution in [3.8, 4) is 5.75 Å². The second-order valence-electron chi connectivity index (χ2n) is 9.41. The molecule has 0 atom stereocenters. The quantitative estimate of drug-likeness (QED) is 0.562. The average Bonchev–Trinajstić information content (AvgIpc) is 2.65. The van der Waals surface area contributed by atoms with Crippen LogP contribution in [-0.4, -0.2) is 24.6 Å². The molecule has 0 saturated heterocycles. The van der Waals surface area contributed by atoms with Crippen LogP contribution in [0.15, 0.2) is 23.3 Å². The van der Waals surface area contributed by atoms with Gasteiger partial charge in [-0.1, -0.05) is 6.07 Å². The Morgan fingerprint density at radius 1 is 1.14 bits per heavy atom. The normalized spacial score (nSPS) is 30.2. The fourth-order valence-corrected chi connectivity index (χ4v) is 6.04. The number of benzene rings is 1. The minimum atomic E-state index is -0.226. The summed E-state index contributed by atoms with van der Waals surface area (Å²) in [6.45, 7) is 3.73. The van der Waals surface area contributed by atoms with Gasteiger partial charge in [0.25, 0.3) is 0 Å². The molecule has 2 N–H and O–H groups in total. The van der Waals surface area contributed by atoms with E-state index in [0.717, 1.165) is 24.8 Å². The number of amides is 2. The first-order chi connectivity index (χ1) is 13.9. The molecule has 0 radical (unpaired) electrons. The van der Waals surface area contributed by atoms with Gasteiger partial charge < -0.3 is 10.1 Å². The number of anilines is 1. The molecule has 0 spiro atoms. The molecule has 1 aromatic rings. The maximum atomic E-state index is 13.0. The highest BCUT2D eigenvalue weighted by Crippen LogP contribution is 2.60. The molecule has 1 aromatic carbocycles. The molecule has 4 saturated carbocycles. The van der Waals surface area contributed by atoms with Crippen molar-refractivity contribution in [1.29, 1.82) is 0 Å². The largest absolute Gasteiger partial charge is 0.495 e. The van der Waals surface area contributed by atoms with Crippen LogP contribution in [-0.2, 0) is 9.59 Å². The molecule has 4 bridgehead atoms. The van der Waals surface area contributed by atoms with Crippen LogP contribution < -0.4 is 15.5 Å². The van der Waals surface area contributed by atoms with Crippen LogP contribution in [0.3, 0.4) is 0 Å². The highest BCUT2D eigenvalue weighted by atomic mass is 16.5. The third kappa shape index (κ3) is 4.16. The van der Waals surface area contributed by atoms with Gasteiger partial charge in [0, 0.05) is 5.71 Å². The number of hydrazone groups is 1. The number of ether oxygens (including phenoxy) is 1. The zero-order valence-electron chi connectivity index (χ0n) is 17.6. The van der Waals surface area contributed by atoms with Gasteiger partial charge in [0.15, 0.2) is 0 Å². The van der Waals surface area contributed by atoms with E-state index in [1.807, 2.05) is 25.1 Å². The average molecular weight is 398 g/mol. The van der Waals surface area contributed by atoms with Gasteiger partial charge in [0.05, 0.1) is 24.6 Å². The second-order valence-corrected chi connectivity index (χ2v) is 9.41. The summed E-state index contributed by atoms with van der Waals surface area (Å²) < 4.78 is 5.30. The number of hydrogen-bond acceptors (Lipinski definition) is 4. The Hall–Kier alpha value is -2.37. The number of hydrogen-bond donors (Lipinski definition) is 2. The molecule has 0 aliphatic heterocycles. The molecular formula is C23H31N3O3. The van der Waals surface area contributed by atoms with E-state index in [2.05, 4.69) is 15.8 Å². The lowest BCUT2D eigenvalue weighted by Crippen LogP contribution is -2.52. The minimum Gasteiger partial charge on any atom is -0.495 e. The minimum absolute atomic E-state index is 0.0525. The number of carbonyl (C=O) groups is 2. The third-order valence-corrected chi connectivity index (χ3v) is 6.91. The standard InChI is InChI=1S/C23H31N3O3/c1-14-4-5-20(29-3)19(6-14)24-21(27)7-15(2)25-26-22(28)23-11-16-8-17(12-23)10-18(9-16)13-23/h4-6,16-18H,7-13H2,1-3H3,(H,24,27)(H,26,28)/b25-15-. The van der Waals surface area contributed by atoms with Crippen LogP contribution >= 0.6 is 0 Å². The van der Waals surface area contributed by atoms with E-state index < -0.39 is 0 Å². The molecule has 6 heteroatoms. The van der Waals surface area contributed by atoms with E-state index >= 15 is 0 Å². The number of methoxy groups -OCH3 is 1. The SMILES string of the molecule is COc1ccc(C)cc1NC(=O)C/C(C)=N\NC(=O)C12CC3CC(CC(C3)C1)C2. The first-order valence-corrected chi connectivity index (χ1v) is 10.6. The van der Waals surface area contributed by atoms with Crippen LogP contribution in [0.5, 0.6) is 5.75 Å². The summed E-state index contributed by atoms with van der Waals surface area (Å²) in [6.07, 6.45) is 7.05. The molecular weight excluding hydrogens is 366 g/mol. The molecule has 6 nitrogen and oxygen atoms in total. The lowest BCUT2D eigenvalue weighted by atomic mass is 9.49. The molecule has 29 heavy (non-hydrogen) atoms. The monoisotopic (exact) mass is 397 g/mol. The molecule has 5 rings (SSSR count). The summed E-state index contributed by atoms with van der Waals surface area (Å²) in [6, 6.07) is 5.64. The first kappa shape index (κ1) is 19.9. The summed E-state index contributed by atoms with van der Waals surface area (Å²) >= 11 is 0. The van der Waals surface area contributed by atoms with Gasteiger partial charge in [-0.25, -0.2) is 5.43 Å². The van der Waals surface area contributed by atoms with Crippen molar-refractivity contribution in [2.24, 2.45) is 28.3 Å². The number of nitrogens with zero attached hydrogens (tertiary/aromatic N) is 1. The van der Waals surface area contributed by atoms with Crippen LogP contribution in [0, 0.1) is 30.1 Å². The van der Waals surface area contributed by atoms with Crippen molar-refractivity contribution < 1.29 is 14.3 Å². The van der Waals surface area contributed by atoms with Gasteiger partial charge in [-0.05, 0) is 87.8 Å². The van der Waals surface area contributed by atoms with E-state index in [1.54, 1.807) is 14.0 Å². The first-order valence-electron chi connectivity index (χ1n) is 10.6. The van der Waals surface area contributed by atoms with Gasteiger partial charge >= 0.3 is 0 Å². The maximum absolute atomic E-state index is 13.0. The summed E-state index contributed by atoms with van der Waals surface area (Å²) in [4.78, 5) is 25.4. The Balaban J connectivity index is 1.34. The van der Waals surface area contributed by atoms with Gasteiger partial charge in [0.1, 0.15) is 5.75 Å². The Morgan fingerprint density at radius 3 is 2.34 bits per heavy atom. The third-order valence-electron chi connectivity index (χ3n) is 6.91. The van der Waals surface area contributed by atoms with Crippen molar-refractivity contribution in [1.82, 2.24) is 5.43 Å². The summed E-state index contributed by atoms with van der Waals surface area (Å²) in [5, 5.41) is 7.12. The predicted octanol–water partition coefficient (Wildman–Crippen LogP) is 4.04. The van der Waals surface area contributed by atoms with Crippen LogP contribution in [0.1, 0.15) is 57.4 Å². The van der Waals surface area contributed by atoms with E-state index in [0.29, 0.717) is 34.9 Å². The summed E-state index contributed by atoms with van der Waals surface area (Å²) in [5.41, 5.74) is 4.83. The number of carbonyl (C=O) groups excluding carboxylic acids is 2. The highest BCUT2D eigenvalue weighted by Gasteiger charge is 2.54. The summed E-state index contributed by atoms with van der Waals surface area (Å²) in [5.74, 6) is 2.64. The van der Waals surface area contributed by atoms with Crippen molar-refractivity contribution in [3.63, 3.8) is 0 Å². The zero-order chi connectivity index (χ0) is 20.6. The van der Waals surface area contributed by atoms with Gasteiger partial charge in [0.2, 0.25) is 11.8 Å². The Kier molecular flexibility index (Phi) is 5.36. The number of aryl methyl sites for hydroxylation is 1. The predicted molar refractivity (Wildman–Crippen MR) is 113 cm³/mol. The fraction of sp³-hybridized carbons (Fsp3) is 0.609. The van der Waals surface area contributed by atoms with Crippen LogP contribution in [0.4, 0.5) is 5.69 Å². The van der Waals surface area contributed by atoms with Crippen molar-refractivity contribution in [3.05, 3.63) is 23.8 Å². The molecule has 156 valence electrons. The van der Waals surface area contributed by atoms with Crippen LogP contribution in [0.2, 0.25) is 0 Å². The number of nitrogens with one attached hydrogen (secondary N) is 2. The smallest absolute Gasteiger partial charge is 0.246 e. The Morgan fingerprint density at radius 2 is 1.76 bits per heavy atom. The fourth-order valence-electron chi connectivity index (χ4n) is 6.04. The lowest BCUT2D eigenvalue weighted by molar-refractivity contribution is -0.146. The second kappa shape index (κ2) is 7.81. The zero-order valence-corrected chi connectivity index (χ0v) is 17.6. The Bertz CT molecular complexity index is 810. The molecule has 4 fully saturated rings. The topological polar surface area (TPSA) is 79.8 Å². The molecule has 4 aliphatic carbocycles. The highest BCUT2D eigenvalue weighted by molar-refractivity contribution is 6.06. The van der Waals surface area contributed by atoms with E-state index in [9.17, 15) is 9.59 Å². The van der Waals surface area contributed by atoms with Gasteiger partial charge in [-0.2, -0.15) is 5.10 Å². The van der Waals surface area contributed by atoms with Crippen molar-refractivity contribution >= 4 is 23.2 Å².